The third-order valence-corrected chi connectivity index (χ3v) is 6.69. The number of carbonyl (C=O) groups excluding carboxylic acids is 1. The summed E-state index contributed by atoms with van der Waals surface area (Å²) in [6.07, 6.45) is 0.291. The Hall–Kier alpha value is -3.11. The van der Waals surface area contributed by atoms with Crippen molar-refractivity contribution < 1.29 is 22.0 Å². The highest BCUT2D eigenvalue weighted by molar-refractivity contribution is 7.89. The first-order valence-corrected chi connectivity index (χ1v) is 12.5. The van der Waals surface area contributed by atoms with Gasteiger partial charge in [-0.05, 0) is 53.8 Å². The van der Waals surface area contributed by atoms with Crippen LogP contribution in [-0.4, -0.2) is 41.9 Å². The van der Waals surface area contributed by atoms with Crippen molar-refractivity contribution in [3.05, 3.63) is 71.4 Å². The second kappa shape index (κ2) is 10.9. The first kappa shape index (κ1) is 25.5. The minimum atomic E-state index is -3.68. The van der Waals surface area contributed by atoms with Crippen LogP contribution in [-0.2, 0) is 16.4 Å². The fourth-order valence-electron chi connectivity index (χ4n) is 3.33. The molecule has 0 aliphatic heterocycles. The van der Waals surface area contributed by atoms with E-state index in [1.165, 1.54) is 40.7 Å². The van der Waals surface area contributed by atoms with Crippen LogP contribution in [0.2, 0.25) is 0 Å². The Morgan fingerprint density at radius 3 is 2.12 bits per heavy atom. The van der Waals surface area contributed by atoms with Gasteiger partial charge in [0.1, 0.15) is 5.82 Å². The number of nitrogens with zero attached hydrogens (tertiary/aromatic N) is 3. The standard InChI is InChI=1S/C24H29FN4O4S/c1-16(2)14-29(15-17(3)4)34(31,32)21-11-7-19(8-12-21)23(30)26-24-28-27-22(33-24)13-18-5-9-20(25)10-6-18/h5-12,16-17H,13-15H2,1-4H3,(H,26,28,30). The quantitative estimate of drug-likeness (QED) is 0.455. The van der Waals surface area contributed by atoms with Crippen LogP contribution < -0.4 is 5.32 Å². The molecule has 3 aromatic rings. The zero-order valence-corrected chi connectivity index (χ0v) is 20.5. The van der Waals surface area contributed by atoms with E-state index in [0.29, 0.717) is 19.5 Å². The number of hydrogen-bond donors (Lipinski definition) is 1. The van der Waals surface area contributed by atoms with Crippen molar-refractivity contribution in [3.63, 3.8) is 0 Å². The Bertz CT molecular complexity index is 1200. The lowest BCUT2D eigenvalue weighted by Crippen LogP contribution is -2.37. The molecule has 0 saturated carbocycles. The van der Waals surface area contributed by atoms with Crippen LogP contribution in [0.25, 0.3) is 0 Å². The van der Waals surface area contributed by atoms with Crippen LogP contribution in [0.15, 0.2) is 57.8 Å². The molecule has 1 heterocycles. The molecular formula is C24H29FN4O4S. The van der Waals surface area contributed by atoms with E-state index in [2.05, 4.69) is 15.5 Å². The second-order valence-electron chi connectivity index (χ2n) is 8.89. The molecule has 0 spiro atoms. The molecule has 10 heteroatoms. The van der Waals surface area contributed by atoms with E-state index in [1.807, 2.05) is 27.7 Å². The Kier molecular flexibility index (Phi) is 8.16. The molecule has 1 amide bonds. The van der Waals surface area contributed by atoms with Gasteiger partial charge in [-0.25, -0.2) is 12.8 Å². The number of halogens is 1. The molecule has 3 rings (SSSR count). The molecule has 2 aromatic carbocycles. The van der Waals surface area contributed by atoms with Gasteiger partial charge in [-0.2, -0.15) is 4.31 Å². The van der Waals surface area contributed by atoms with Crippen LogP contribution in [0, 0.1) is 17.7 Å². The molecule has 34 heavy (non-hydrogen) atoms. The molecule has 1 aromatic heterocycles. The van der Waals surface area contributed by atoms with E-state index < -0.39 is 15.9 Å². The molecule has 0 bridgehead atoms. The first-order chi connectivity index (χ1) is 16.0. The fourth-order valence-corrected chi connectivity index (χ4v) is 5.10. The van der Waals surface area contributed by atoms with Crippen LogP contribution in [0.4, 0.5) is 10.4 Å². The second-order valence-corrected chi connectivity index (χ2v) is 10.8. The maximum absolute atomic E-state index is 13.1. The van der Waals surface area contributed by atoms with E-state index in [-0.39, 0.29) is 40.0 Å². The summed E-state index contributed by atoms with van der Waals surface area (Å²) in [7, 11) is -3.68. The number of amides is 1. The minimum absolute atomic E-state index is 0.0844. The lowest BCUT2D eigenvalue weighted by molar-refractivity contribution is 0.102. The van der Waals surface area contributed by atoms with Crippen molar-refractivity contribution in [1.82, 2.24) is 14.5 Å². The van der Waals surface area contributed by atoms with Crippen molar-refractivity contribution in [2.75, 3.05) is 18.4 Å². The van der Waals surface area contributed by atoms with Crippen molar-refractivity contribution in [2.45, 2.75) is 39.0 Å². The van der Waals surface area contributed by atoms with Gasteiger partial charge in [-0.1, -0.05) is 44.9 Å². The monoisotopic (exact) mass is 488 g/mol. The molecule has 0 fully saturated rings. The van der Waals surface area contributed by atoms with Crippen LogP contribution in [0.1, 0.15) is 49.5 Å². The number of aromatic nitrogens is 2. The summed E-state index contributed by atoms with van der Waals surface area (Å²) >= 11 is 0. The predicted molar refractivity (Wildman–Crippen MR) is 126 cm³/mol. The minimum Gasteiger partial charge on any atom is -0.407 e. The third-order valence-electron chi connectivity index (χ3n) is 4.85. The molecule has 0 unspecified atom stereocenters. The van der Waals surface area contributed by atoms with Gasteiger partial charge in [0, 0.05) is 18.7 Å². The van der Waals surface area contributed by atoms with Crippen LogP contribution in [0.5, 0.6) is 0 Å². The van der Waals surface area contributed by atoms with E-state index >= 15 is 0 Å². The number of anilines is 1. The summed E-state index contributed by atoms with van der Waals surface area (Å²) in [5.41, 5.74) is 1.03. The molecule has 0 radical (unpaired) electrons. The van der Waals surface area contributed by atoms with E-state index in [4.69, 9.17) is 4.42 Å². The van der Waals surface area contributed by atoms with Crippen LogP contribution in [0.3, 0.4) is 0 Å². The van der Waals surface area contributed by atoms with Gasteiger partial charge in [-0.3, -0.25) is 10.1 Å². The van der Waals surface area contributed by atoms with Gasteiger partial charge in [0.05, 0.1) is 11.3 Å². The molecule has 0 aliphatic carbocycles. The largest absolute Gasteiger partial charge is 0.407 e. The molecule has 0 aliphatic rings. The van der Waals surface area contributed by atoms with Gasteiger partial charge < -0.3 is 4.42 Å². The average Bonchev–Trinajstić information content (AvgIpc) is 3.21. The topological polar surface area (TPSA) is 105 Å². The highest BCUT2D eigenvalue weighted by Gasteiger charge is 2.26. The van der Waals surface area contributed by atoms with Gasteiger partial charge >= 0.3 is 6.01 Å². The molecular weight excluding hydrogens is 459 g/mol. The highest BCUT2D eigenvalue weighted by Crippen LogP contribution is 2.20. The van der Waals surface area contributed by atoms with Gasteiger partial charge in [0.25, 0.3) is 5.91 Å². The number of sulfonamides is 1. The van der Waals surface area contributed by atoms with Crippen molar-refractivity contribution in [3.8, 4) is 0 Å². The van der Waals surface area contributed by atoms with E-state index in [9.17, 15) is 17.6 Å². The number of benzene rings is 2. The summed E-state index contributed by atoms with van der Waals surface area (Å²) in [6.45, 7) is 8.72. The van der Waals surface area contributed by atoms with Crippen molar-refractivity contribution in [2.24, 2.45) is 11.8 Å². The van der Waals surface area contributed by atoms with Gasteiger partial charge in [0.2, 0.25) is 15.9 Å². The number of hydrogen-bond acceptors (Lipinski definition) is 6. The molecule has 0 atom stereocenters. The Morgan fingerprint density at radius 1 is 0.971 bits per heavy atom. The van der Waals surface area contributed by atoms with Gasteiger partial charge in [0.15, 0.2) is 0 Å². The van der Waals surface area contributed by atoms with E-state index in [1.54, 1.807) is 12.1 Å². The Balaban J connectivity index is 1.68. The number of rotatable bonds is 10. The SMILES string of the molecule is CC(C)CN(CC(C)C)S(=O)(=O)c1ccc(C(=O)Nc2nnc(Cc3ccc(F)cc3)o2)cc1. The highest BCUT2D eigenvalue weighted by atomic mass is 32.2. The maximum atomic E-state index is 13.1. The third kappa shape index (κ3) is 6.71. The predicted octanol–water partition coefficient (Wildman–Crippen LogP) is 4.35. The molecule has 0 saturated heterocycles. The van der Waals surface area contributed by atoms with E-state index in [0.717, 1.165) is 5.56 Å². The van der Waals surface area contributed by atoms with Crippen molar-refractivity contribution >= 4 is 21.9 Å². The summed E-state index contributed by atoms with van der Waals surface area (Å²) in [6, 6.07) is 11.5. The summed E-state index contributed by atoms with van der Waals surface area (Å²) in [4.78, 5) is 12.7. The zero-order valence-electron chi connectivity index (χ0n) is 19.7. The lowest BCUT2D eigenvalue weighted by atomic mass is 10.1. The maximum Gasteiger partial charge on any atom is 0.322 e. The summed E-state index contributed by atoms with van der Waals surface area (Å²) in [5.74, 6) is -0.226. The smallest absolute Gasteiger partial charge is 0.322 e. The van der Waals surface area contributed by atoms with Crippen LogP contribution >= 0.6 is 0 Å². The Morgan fingerprint density at radius 2 is 1.56 bits per heavy atom. The first-order valence-electron chi connectivity index (χ1n) is 11.0. The van der Waals surface area contributed by atoms with Crippen molar-refractivity contribution in [1.29, 1.82) is 0 Å². The zero-order chi connectivity index (χ0) is 24.9. The normalized spacial score (nSPS) is 12.0. The lowest BCUT2D eigenvalue weighted by Gasteiger charge is -2.25. The Labute approximate surface area is 199 Å². The number of carbonyl (C=O) groups is 1. The van der Waals surface area contributed by atoms with Gasteiger partial charge in [-0.15, -0.1) is 5.10 Å². The fraction of sp³-hybridized carbons (Fsp3) is 0.375. The molecule has 182 valence electrons. The summed E-state index contributed by atoms with van der Waals surface area (Å²) < 4.78 is 46.2. The summed E-state index contributed by atoms with van der Waals surface area (Å²) in [5, 5.41) is 10.2. The molecule has 1 N–H and O–H groups in total. The average molecular weight is 489 g/mol. The molecule has 8 nitrogen and oxygen atoms in total. The number of nitrogens with one attached hydrogen (secondary N) is 1.